The summed E-state index contributed by atoms with van der Waals surface area (Å²) >= 11 is 0. The molecule has 0 spiro atoms. The molecule has 63 valence electrons. The van der Waals surface area contributed by atoms with E-state index in [0.717, 1.165) is 0 Å². The number of rotatable bonds is 2. The number of ether oxygens (including phenoxy) is 1. The standard InChI is InChI=1S/C8H10N3O/c1-6-8(9)11-7(5-10-6)3-4-12-2/h3-5H,1H2,2H3,(H2,9,11). The molecule has 2 N–H and O–H groups in total. The molecule has 0 unspecified atom stereocenters. The maximum atomic E-state index is 5.48. The molecule has 4 heteroatoms. The van der Waals surface area contributed by atoms with Crippen molar-refractivity contribution in [3.05, 3.63) is 30.8 Å². The predicted molar refractivity (Wildman–Crippen MR) is 46.9 cm³/mol. The Kier molecular flexibility index (Phi) is 2.63. The highest BCUT2D eigenvalue weighted by Crippen LogP contribution is 2.04. The lowest BCUT2D eigenvalue weighted by atomic mass is 10.4. The van der Waals surface area contributed by atoms with Gasteiger partial charge in [0.05, 0.1) is 31.0 Å². The molecule has 0 saturated carbocycles. The Morgan fingerprint density at radius 1 is 1.67 bits per heavy atom. The van der Waals surface area contributed by atoms with Gasteiger partial charge in [0.1, 0.15) is 5.82 Å². The maximum absolute atomic E-state index is 5.48. The van der Waals surface area contributed by atoms with Crippen LogP contribution in [0, 0.1) is 6.92 Å². The second kappa shape index (κ2) is 3.71. The molecule has 0 saturated heterocycles. The van der Waals surface area contributed by atoms with Crippen molar-refractivity contribution in [2.75, 3.05) is 12.8 Å². The van der Waals surface area contributed by atoms with Gasteiger partial charge in [-0.2, -0.15) is 0 Å². The Morgan fingerprint density at radius 2 is 2.42 bits per heavy atom. The van der Waals surface area contributed by atoms with Crippen LogP contribution < -0.4 is 5.73 Å². The van der Waals surface area contributed by atoms with Gasteiger partial charge >= 0.3 is 0 Å². The monoisotopic (exact) mass is 164 g/mol. The first-order chi connectivity index (χ1) is 5.74. The van der Waals surface area contributed by atoms with Crippen LogP contribution in [0.3, 0.4) is 0 Å². The molecule has 4 nitrogen and oxygen atoms in total. The van der Waals surface area contributed by atoms with E-state index in [2.05, 4.69) is 16.9 Å². The summed E-state index contributed by atoms with van der Waals surface area (Å²) in [5, 5.41) is 0. The molecule has 0 amide bonds. The van der Waals surface area contributed by atoms with Crippen LogP contribution in [0.2, 0.25) is 0 Å². The third-order valence-corrected chi connectivity index (χ3v) is 1.27. The normalized spacial score (nSPS) is 10.5. The molecular weight excluding hydrogens is 154 g/mol. The number of methoxy groups -OCH3 is 1. The molecule has 1 aromatic rings. The fraction of sp³-hybridized carbons (Fsp3) is 0.125. The zero-order valence-corrected chi connectivity index (χ0v) is 6.82. The number of nitrogens with zero attached hydrogens (tertiary/aromatic N) is 2. The van der Waals surface area contributed by atoms with E-state index in [1.165, 1.54) is 6.26 Å². The average molecular weight is 164 g/mol. The summed E-state index contributed by atoms with van der Waals surface area (Å²) in [5.41, 5.74) is 6.63. The first-order valence-corrected chi connectivity index (χ1v) is 3.38. The number of hydrogen-bond donors (Lipinski definition) is 1. The second-order valence-corrected chi connectivity index (χ2v) is 2.17. The van der Waals surface area contributed by atoms with Crippen molar-refractivity contribution in [1.29, 1.82) is 0 Å². The van der Waals surface area contributed by atoms with Crippen LogP contribution in [0.4, 0.5) is 5.82 Å². The van der Waals surface area contributed by atoms with Gasteiger partial charge in [-0.3, -0.25) is 4.98 Å². The summed E-state index contributed by atoms with van der Waals surface area (Å²) in [5.74, 6) is 0.341. The molecule has 1 rings (SSSR count). The van der Waals surface area contributed by atoms with E-state index in [-0.39, 0.29) is 0 Å². The number of nitrogens with two attached hydrogens (primary N) is 1. The topological polar surface area (TPSA) is 61.0 Å². The minimum absolute atomic E-state index is 0.341. The summed E-state index contributed by atoms with van der Waals surface area (Å²) in [7, 11) is 1.56. The first-order valence-electron chi connectivity index (χ1n) is 3.38. The number of hydrogen-bond acceptors (Lipinski definition) is 4. The third kappa shape index (κ3) is 1.95. The minimum atomic E-state index is 0.341. The summed E-state index contributed by atoms with van der Waals surface area (Å²) in [4.78, 5) is 7.92. The molecule has 0 aromatic carbocycles. The quantitative estimate of drug-likeness (QED) is 0.658. The lowest BCUT2D eigenvalue weighted by Crippen LogP contribution is -1.97. The fourth-order valence-corrected chi connectivity index (χ4v) is 0.661. The maximum Gasteiger partial charge on any atom is 0.145 e. The summed E-state index contributed by atoms with van der Waals surface area (Å²) < 4.78 is 4.71. The van der Waals surface area contributed by atoms with Crippen LogP contribution in [-0.4, -0.2) is 17.1 Å². The Balaban J connectivity index is 2.89. The van der Waals surface area contributed by atoms with Crippen LogP contribution in [0.5, 0.6) is 0 Å². The molecule has 1 aromatic heterocycles. The average Bonchev–Trinajstić information content (AvgIpc) is 2.07. The smallest absolute Gasteiger partial charge is 0.145 e. The first kappa shape index (κ1) is 8.52. The molecule has 0 fully saturated rings. The Labute approximate surface area is 71.1 Å². The summed E-state index contributed by atoms with van der Waals surface area (Å²) in [6.45, 7) is 3.59. The third-order valence-electron chi connectivity index (χ3n) is 1.27. The Hall–Kier alpha value is -1.58. The summed E-state index contributed by atoms with van der Waals surface area (Å²) in [6, 6.07) is 0. The minimum Gasteiger partial charge on any atom is -0.504 e. The molecule has 0 aliphatic heterocycles. The van der Waals surface area contributed by atoms with Crippen molar-refractivity contribution in [2.45, 2.75) is 0 Å². The van der Waals surface area contributed by atoms with Gasteiger partial charge in [-0.1, -0.05) is 0 Å². The Bertz CT molecular complexity index is 296. The zero-order valence-electron chi connectivity index (χ0n) is 6.82. The van der Waals surface area contributed by atoms with Crippen molar-refractivity contribution < 1.29 is 4.74 Å². The van der Waals surface area contributed by atoms with Gasteiger partial charge in [0.2, 0.25) is 0 Å². The lowest BCUT2D eigenvalue weighted by molar-refractivity contribution is 0.341. The van der Waals surface area contributed by atoms with Crippen molar-refractivity contribution in [3.8, 4) is 0 Å². The molecule has 0 atom stereocenters. The predicted octanol–water partition coefficient (Wildman–Crippen LogP) is 0.858. The van der Waals surface area contributed by atoms with Crippen LogP contribution >= 0.6 is 0 Å². The van der Waals surface area contributed by atoms with Gasteiger partial charge in [0.25, 0.3) is 0 Å². The molecule has 1 radical (unpaired) electrons. The van der Waals surface area contributed by atoms with Gasteiger partial charge < -0.3 is 10.5 Å². The lowest BCUT2D eigenvalue weighted by Gasteiger charge is -1.97. The van der Waals surface area contributed by atoms with E-state index in [4.69, 9.17) is 10.5 Å². The van der Waals surface area contributed by atoms with E-state index >= 15 is 0 Å². The van der Waals surface area contributed by atoms with Gasteiger partial charge in [0, 0.05) is 0 Å². The highest BCUT2D eigenvalue weighted by molar-refractivity contribution is 5.47. The molecule has 0 bridgehead atoms. The largest absolute Gasteiger partial charge is 0.504 e. The molecule has 1 heterocycles. The van der Waals surface area contributed by atoms with Crippen LogP contribution in [0.15, 0.2) is 12.5 Å². The van der Waals surface area contributed by atoms with Gasteiger partial charge in [-0.05, 0) is 13.0 Å². The highest BCUT2D eigenvalue weighted by atomic mass is 16.5. The van der Waals surface area contributed by atoms with Crippen molar-refractivity contribution >= 4 is 11.9 Å². The number of nitrogen functional groups attached to an aromatic ring is 1. The Morgan fingerprint density at radius 3 is 3.00 bits per heavy atom. The van der Waals surface area contributed by atoms with Gasteiger partial charge in [-0.15, -0.1) is 0 Å². The van der Waals surface area contributed by atoms with Crippen molar-refractivity contribution in [3.63, 3.8) is 0 Å². The van der Waals surface area contributed by atoms with Crippen LogP contribution in [0.25, 0.3) is 6.08 Å². The van der Waals surface area contributed by atoms with Gasteiger partial charge in [-0.25, -0.2) is 4.98 Å². The van der Waals surface area contributed by atoms with E-state index < -0.39 is 0 Å². The molecule has 12 heavy (non-hydrogen) atoms. The van der Waals surface area contributed by atoms with Gasteiger partial charge in [0.15, 0.2) is 0 Å². The van der Waals surface area contributed by atoms with Crippen molar-refractivity contribution in [2.24, 2.45) is 0 Å². The number of aromatic nitrogens is 2. The van der Waals surface area contributed by atoms with E-state index in [1.54, 1.807) is 19.4 Å². The highest BCUT2D eigenvalue weighted by Gasteiger charge is 1.95. The molecule has 0 aliphatic rings. The number of anilines is 1. The molecule has 0 aliphatic carbocycles. The van der Waals surface area contributed by atoms with Crippen LogP contribution in [-0.2, 0) is 4.74 Å². The molecular formula is C8H10N3O. The van der Waals surface area contributed by atoms with E-state index in [9.17, 15) is 0 Å². The second-order valence-electron chi connectivity index (χ2n) is 2.17. The fourth-order valence-electron chi connectivity index (χ4n) is 0.661. The zero-order chi connectivity index (χ0) is 8.97. The SMILES string of the molecule is [CH2]c1ncc(C=COC)nc1N. The van der Waals surface area contributed by atoms with E-state index in [1.807, 2.05) is 0 Å². The van der Waals surface area contributed by atoms with Crippen molar-refractivity contribution in [1.82, 2.24) is 9.97 Å². The van der Waals surface area contributed by atoms with E-state index in [0.29, 0.717) is 17.2 Å². The summed E-state index contributed by atoms with van der Waals surface area (Å²) in [6.07, 6.45) is 4.75. The van der Waals surface area contributed by atoms with Crippen LogP contribution in [0.1, 0.15) is 11.4 Å².